The van der Waals surface area contributed by atoms with Crippen LogP contribution in [0.5, 0.6) is 0 Å². The minimum Gasteiger partial charge on any atom is -0.481 e. The highest BCUT2D eigenvalue weighted by molar-refractivity contribution is 5.69. The number of carboxylic acids is 4. The van der Waals surface area contributed by atoms with E-state index in [9.17, 15) is 38.4 Å². The van der Waals surface area contributed by atoms with E-state index in [1.807, 2.05) is 0 Å². The molecule has 0 spiro atoms. The predicted octanol–water partition coefficient (Wildman–Crippen LogP) is 14.0. The van der Waals surface area contributed by atoms with Gasteiger partial charge in [-0.3, -0.25) is 38.7 Å². The third-order valence-electron chi connectivity index (χ3n) is 9.87. The second-order valence-electron chi connectivity index (χ2n) is 17.2. The molecule has 4 N–H and O–H groups in total. The highest BCUT2D eigenvalue weighted by atomic mass is 17.5. The monoisotopic (exact) mass is 1650 g/mol. The Morgan fingerprint density at radius 1 is 0.234 bits per heavy atom. The molecule has 0 atom stereocenters. The molecule has 0 fully saturated rings. The van der Waals surface area contributed by atoms with Crippen LogP contribution in [0.2, 0.25) is 0 Å². The van der Waals surface area contributed by atoms with Crippen LogP contribution in [0.3, 0.4) is 0 Å². The third-order valence-corrected chi connectivity index (χ3v) is 9.87. The van der Waals surface area contributed by atoms with E-state index in [2.05, 4.69) is 92.3 Å². The Bertz CT molecular complexity index is 1610. The summed E-state index contributed by atoms with van der Waals surface area (Å²) in [5, 5.41) is 54.1. The largest absolute Gasteiger partial charge is 0.481 e. The molecule has 0 saturated heterocycles. The van der Waals surface area contributed by atoms with Gasteiger partial charge >= 0.3 is 47.8 Å². The number of aliphatic carboxylic acids is 4. The van der Waals surface area contributed by atoms with Crippen LogP contribution in [0.4, 0.5) is 0 Å². The Morgan fingerprint density at radius 2 is 0.396 bits per heavy atom. The van der Waals surface area contributed by atoms with Gasteiger partial charge in [0.25, 0.3) is 0 Å². The summed E-state index contributed by atoms with van der Waals surface area (Å²) >= 11 is 0. The molecule has 0 rings (SSSR count). The summed E-state index contributed by atoms with van der Waals surface area (Å²) in [6, 6.07) is 0. The number of carbonyl (C=O) groups is 8. The Morgan fingerprint density at radius 3 is 0.559 bits per heavy atom. The van der Waals surface area contributed by atoms with Crippen LogP contribution in [-0.4, -0.2) is 263 Å². The quantitative estimate of drug-likeness (QED) is 0.0190. The zero-order valence-corrected chi connectivity index (χ0v) is 55.0. The van der Waals surface area contributed by atoms with Gasteiger partial charge in [0.05, 0.1) is 158 Å². The highest BCUT2D eigenvalue weighted by Crippen LogP contribution is 2.13. The highest BCUT2D eigenvalue weighted by Gasteiger charge is 2.27. The molecule has 37 heteroatoms. The summed E-state index contributed by atoms with van der Waals surface area (Å²) < 4.78 is 75.9. The number of carboxylic acid groups (broad SMARTS) is 4. The van der Waals surface area contributed by atoms with Crippen molar-refractivity contribution in [1.82, 2.24) is 0 Å². The van der Waals surface area contributed by atoms with Crippen LogP contribution in [0.15, 0.2) is 52.6 Å². The van der Waals surface area contributed by atoms with Gasteiger partial charge in [-0.15, -0.1) is 52.6 Å². The summed E-state index contributed by atoms with van der Waals surface area (Å²) in [6.45, 7) is 25.2. The lowest BCUT2D eigenvalue weighted by Gasteiger charge is -2.30. The summed E-state index contributed by atoms with van der Waals surface area (Å²) in [7, 11) is 0. The van der Waals surface area contributed by atoms with Crippen LogP contribution >= 0.6 is 0 Å². The molecular formula is C74H166O37. The van der Waals surface area contributed by atoms with E-state index in [4.69, 9.17) is 102 Å². The molecule has 0 aromatic rings. The standard InChI is InChI=1S/C50H86O37.4C2H4.16CH4/c1-5-47(59)80-84-75-33-39(34-76-85-81-48(60)6-2)73-31-42(32-74-40(35-77-86-82-49(61)7-3)36-78-87-83-50(62)8-4)79-41(29-71-37(25-67-21-17-63-13-9-43(51)52)26-68-22-18-64-14-10-44(53)54)30-72-38(27-69-23-19-65-15-11-45(55)56)28-70-24-20-66-16-12-46(57)58;4*1-2;;;;;;;;;;;;;;;;/h37-42H,5-36H2,1-4H3,(H,51,52)(H,53,54)(H,55,56)(H,57,58);4*1-2H2;16*1H4. The topological polar surface area (TPSA) is 448 Å². The Kier molecular flexibility index (Phi) is 185. The van der Waals surface area contributed by atoms with Crippen LogP contribution in [-0.2, 0) is 159 Å². The van der Waals surface area contributed by atoms with Crippen molar-refractivity contribution < 1.29 is 180 Å². The van der Waals surface area contributed by atoms with E-state index in [1.54, 1.807) is 0 Å². The molecule has 0 aromatic heterocycles. The normalized spacial score (nSPS) is 9.24. The smallest absolute Gasteiger partial charge is 0.345 e. The fourth-order valence-corrected chi connectivity index (χ4v) is 5.35. The molecule has 0 unspecified atom stereocenters. The maximum absolute atomic E-state index is 11.7. The second-order valence-corrected chi connectivity index (χ2v) is 17.2. The first-order valence-electron chi connectivity index (χ1n) is 29.6. The van der Waals surface area contributed by atoms with Gasteiger partial charge in [-0.25, -0.2) is 19.2 Å². The van der Waals surface area contributed by atoms with E-state index < -0.39 is 124 Å². The average Bonchev–Trinajstić information content (AvgIpc) is 0.906. The minimum atomic E-state index is -1.25. The lowest BCUT2D eigenvalue weighted by Crippen LogP contribution is -2.42. The van der Waals surface area contributed by atoms with Gasteiger partial charge in [0.15, 0.2) is 0 Å². The Labute approximate surface area is 670 Å². The molecule has 111 heavy (non-hydrogen) atoms. The van der Waals surface area contributed by atoms with Crippen LogP contribution in [0.1, 0.15) is 198 Å². The van der Waals surface area contributed by atoms with E-state index in [0.29, 0.717) is 0 Å². The molecule has 0 bridgehead atoms. The Balaban J connectivity index is -0.000000171. The molecule has 0 saturated carbocycles. The molecular weight excluding hydrogens is 1480 g/mol. The zero-order chi connectivity index (χ0) is 72.4. The van der Waals surface area contributed by atoms with Crippen molar-refractivity contribution in [2.24, 2.45) is 0 Å². The van der Waals surface area contributed by atoms with Gasteiger partial charge in [0.1, 0.15) is 63.1 Å². The maximum Gasteiger partial charge on any atom is 0.345 e. The lowest BCUT2D eigenvalue weighted by atomic mass is 10.3. The van der Waals surface area contributed by atoms with Crippen LogP contribution < -0.4 is 0 Å². The van der Waals surface area contributed by atoms with E-state index >= 15 is 0 Å². The lowest BCUT2D eigenvalue weighted by molar-refractivity contribution is -0.504. The maximum atomic E-state index is 11.7. The van der Waals surface area contributed by atoms with E-state index in [1.165, 1.54) is 27.7 Å². The molecule has 0 heterocycles. The number of carbonyl (C=O) groups excluding carboxylic acids is 4. The molecule has 0 amide bonds. The number of rotatable bonds is 66. The van der Waals surface area contributed by atoms with Gasteiger partial charge < -0.3 is 82.0 Å². The molecule has 0 aliphatic carbocycles. The van der Waals surface area contributed by atoms with Crippen molar-refractivity contribution in [2.45, 2.75) is 235 Å². The van der Waals surface area contributed by atoms with Crippen molar-refractivity contribution in [2.75, 3.05) is 159 Å². The summed E-state index contributed by atoms with van der Waals surface area (Å²) in [5.41, 5.74) is 0. The predicted molar refractivity (Wildman–Crippen MR) is 430 cm³/mol. The van der Waals surface area contributed by atoms with Crippen LogP contribution in [0, 0.1) is 0 Å². The molecule has 0 aliphatic heterocycles. The van der Waals surface area contributed by atoms with Crippen molar-refractivity contribution in [3.8, 4) is 0 Å². The molecule has 37 nitrogen and oxygen atoms in total. The molecule has 0 radical (unpaired) electrons. The van der Waals surface area contributed by atoms with Gasteiger partial charge in [0, 0.05) is 25.7 Å². The number of hydrogen-bond donors (Lipinski definition) is 4. The minimum absolute atomic E-state index is 0. The first-order chi connectivity index (χ1) is 46.0. The van der Waals surface area contributed by atoms with Crippen molar-refractivity contribution >= 4 is 47.8 Å². The van der Waals surface area contributed by atoms with E-state index in [-0.39, 0.29) is 289 Å². The first kappa shape index (κ1) is 161. The summed E-state index contributed by atoms with van der Waals surface area (Å²) in [4.78, 5) is 129. The number of hydrogen-bond acceptors (Lipinski definition) is 33. The SMILES string of the molecule is C.C.C.C.C.C.C.C.C.C.C.C.C.C.C.C.C=C.C=C.C=C.C=C.CCC(=O)OOOCC(COOOC(=O)CC)OCC(COC(COOOC(=O)CC)COOOC(=O)CC)OC(COC(COCCOCCC(=O)O)COCCOCCC(=O)O)COC(COCCOCCC(=O)O)COCCOCCC(=O)O. The third kappa shape index (κ3) is 122. The first-order valence-corrected chi connectivity index (χ1v) is 29.6. The summed E-state index contributed by atoms with van der Waals surface area (Å²) in [5.74, 6) is -7.41. The van der Waals surface area contributed by atoms with E-state index in [0.717, 1.165) is 0 Å². The van der Waals surface area contributed by atoms with Gasteiger partial charge in [0.2, 0.25) is 0 Å². The van der Waals surface area contributed by atoms with Gasteiger partial charge in [-0.05, 0) is 20.2 Å². The van der Waals surface area contributed by atoms with Crippen molar-refractivity contribution in [3.05, 3.63) is 52.6 Å². The molecule has 684 valence electrons. The number of ether oxygens (including phenoxy) is 13. The summed E-state index contributed by atoms with van der Waals surface area (Å²) in [6.07, 6.45) is -7.93. The van der Waals surface area contributed by atoms with Gasteiger partial charge in [-0.2, -0.15) is 19.6 Å². The molecule has 0 aromatic carbocycles. The fourth-order valence-electron chi connectivity index (χ4n) is 5.35. The molecule has 0 aliphatic rings. The fraction of sp³-hybridized carbons (Fsp3) is 0.784. The van der Waals surface area contributed by atoms with Crippen molar-refractivity contribution in [3.63, 3.8) is 0 Å². The van der Waals surface area contributed by atoms with Crippen LogP contribution in [0.25, 0.3) is 0 Å². The zero-order valence-electron chi connectivity index (χ0n) is 55.0. The average molecular weight is 1650 g/mol. The van der Waals surface area contributed by atoms with Gasteiger partial charge in [-0.1, -0.05) is 147 Å². The van der Waals surface area contributed by atoms with Crippen molar-refractivity contribution in [1.29, 1.82) is 0 Å². The Hall–Kier alpha value is -6.12. The second kappa shape index (κ2) is 127.